The van der Waals surface area contributed by atoms with E-state index in [1.165, 1.54) is 33.1 Å². The maximum Gasteiger partial charge on any atom is 0.263 e. The van der Waals surface area contributed by atoms with Crippen LogP contribution in [0, 0.1) is 0 Å². The molecule has 0 spiro atoms. The molecule has 7 nitrogen and oxygen atoms in total. The summed E-state index contributed by atoms with van der Waals surface area (Å²) in [5.74, 6) is 0.825. The van der Waals surface area contributed by atoms with Crippen LogP contribution in [-0.2, 0) is 4.79 Å². The van der Waals surface area contributed by atoms with E-state index < -0.39 is 0 Å². The smallest absolute Gasteiger partial charge is 0.263 e. The predicted molar refractivity (Wildman–Crippen MR) is 136 cm³/mol. The minimum Gasteiger partial charge on any atom is -0.496 e. The standard InChI is InChI=1S/C25H25ClN2O5S/c1-15(24(29)28-19-14-16(26)8-13-20(19)31-2)34-18-11-9-17(10-12-18)27-25(30)23-21(32-3)6-5-7-22(23)33-4/h5-15H,1-4H3,(H,27,30)(H,28,29). The Morgan fingerprint density at radius 3 is 2.06 bits per heavy atom. The molecule has 0 saturated heterocycles. The van der Waals surface area contributed by atoms with Crippen LogP contribution < -0.4 is 24.8 Å². The largest absolute Gasteiger partial charge is 0.496 e. The first kappa shape index (κ1) is 25.3. The van der Waals surface area contributed by atoms with E-state index in [4.69, 9.17) is 25.8 Å². The lowest BCUT2D eigenvalue weighted by Gasteiger charge is -2.15. The molecular weight excluding hydrogens is 476 g/mol. The van der Waals surface area contributed by atoms with Gasteiger partial charge in [-0.3, -0.25) is 9.59 Å². The quantitative estimate of drug-likeness (QED) is 0.364. The van der Waals surface area contributed by atoms with Gasteiger partial charge < -0.3 is 24.8 Å². The van der Waals surface area contributed by atoms with Gasteiger partial charge in [-0.15, -0.1) is 11.8 Å². The maximum absolute atomic E-state index is 12.8. The van der Waals surface area contributed by atoms with Crippen LogP contribution in [0.3, 0.4) is 0 Å². The molecule has 0 aliphatic heterocycles. The fraction of sp³-hybridized carbons (Fsp3) is 0.200. The van der Waals surface area contributed by atoms with Crippen LogP contribution in [0.4, 0.5) is 11.4 Å². The molecule has 34 heavy (non-hydrogen) atoms. The number of methoxy groups -OCH3 is 3. The van der Waals surface area contributed by atoms with Crippen molar-refractivity contribution >= 4 is 46.6 Å². The van der Waals surface area contributed by atoms with Crippen LogP contribution in [0.1, 0.15) is 17.3 Å². The highest BCUT2D eigenvalue weighted by atomic mass is 35.5. The Balaban J connectivity index is 1.64. The molecular formula is C25H25ClN2O5S. The van der Waals surface area contributed by atoms with E-state index >= 15 is 0 Å². The lowest BCUT2D eigenvalue weighted by atomic mass is 10.1. The topological polar surface area (TPSA) is 85.9 Å². The highest BCUT2D eigenvalue weighted by Gasteiger charge is 2.19. The van der Waals surface area contributed by atoms with Crippen molar-refractivity contribution in [2.75, 3.05) is 32.0 Å². The Morgan fingerprint density at radius 2 is 1.47 bits per heavy atom. The molecule has 178 valence electrons. The number of anilines is 2. The fourth-order valence-electron chi connectivity index (χ4n) is 3.16. The molecule has 0 aliphatic carbocycles. The van der Waals surface area contributed by atoms with Gasteiger partial charge in [-0.2, -0.15) is 0 Å². The second-order valence-corrected chi connectivity index (χ2v) is 8.96. The van der Waals surface area contributed by atoms with Gasteiger partial charge in [-0.1, -0.05) is 17.7 Å². The summed E-state index contributed by atoms with van der Waals surface area (Å²) in [6.07, 6.45) is 0. The fourth-order valence-corrected chi connectivity index (χ4v) is 4.19. The molecule has 0 aromatic heterocycles. The molecule has 0 heterocycles. The Morgan fingerprint density at radius 1 is 0.853 bits per heavy atom. The number of hydrogen-bond acceptors (Lipinski definition) is 6. The van der Waals surface area contributed by atoms with E-state index in [-0.39, 0.29) is 17.1 Å². The zero-order valence-electron chi connectivity index (χ0n) is 19.2. The maximum atomic E-state index is 12.8. The summed E-state index contributed by atoms with van der Waals surface area (Å²) in [7, 11) is 4.52. The molecule has 0 saturated carbocycles. The monoisotopic (exact) mass is 500 g/mol. The van der Waals surface area contributed by atoms with E-state index in [1.807, 2.05) is 12.1 Å². The van der Waals surface area contributed by atoms with Gasteiger partial charge in [0.1, 0.15) is 22.8 Å². The zero-order chi connectivity index (χ0) is 24.7. The molecule has 0 fully saturated rings. The Kier molecular flexibility index (Phi) is 8.67. The lowest BCUT2D eigenvalue weighted by molar-refractivity contribution is -0.115. The third-order valence-electron chi connectivity index (χ3n) is 4.87. The van der Waals surface area contributed by atoms with Gasteiger partial charge in [-0.25, -0.2) is 0 Å². The number of ether oxygens (including phenoxy) is 3. The summed E-state index contributed by atoms with van der Waals surface area (Å²) in [6, 6.07) is 17.4. The molecule has 0 radical (unpaired) electrons. The average molecular weight is 501 g/mol. The second-order valence-electron chi connectivity index (χ2n) is 7.11. The number of nitrogens with one attached hydrogen (secondary N) is 2. The Bertz CT molecular complexity index is 1150. The predicted octanol–water partition coefficient (Wildman–Crippen LogP) is 5.74. The van der Waals surface area contributed by atoms with Gasteiger partial charge in [-0.05, 0) is 61.5 Å². The summed E-state index contributed by atoms with van der Waals surface area (Å²) >= 11 is 7.42. The number of thioether (sulfide) groups is 1. The molecule has 0 bridgehead atoms. The van der Waals surface area contributed by atoms with Crippen LogP contribution in [0.25, 0.3) is 0 Å². The van der Waals surface area contributed by atoms with Crippen molar-refractivity contribution in [3.63, 3.8) is 0 Å². The number of hydrogen-bond donors (Lipinski definition) is 2. The van der Waals surface area contributed by atoms with Crippen molar-refractivity contribution in [3.05, 3.63) is 71.2 Å². The molecule has 3 rings (SSSR count). The normalized spacial score (nSPS) is 11.3. The van der Waals surface area contributed by atoms with Crippen LogP contribution in [0.2, 0.25) is 5.02 Å². The minimum absolute atomic E-state index is 0.189. The molecule has 0 aliphatic rings. The molecule has 1 atom stereocenters. The third kappa shape index (κ3) is 6.15. The first-order valence-corrected chi connectivity index (χ1v) is 11.6. The third-order valence-corrected chi connectivity index (χ3v) is 6.22. The van der Waals surface area contributed by atoms with Gasteiger partial charge >= 0.3 is 0 Å². The van der Waals surface area contributed by atoms with Crippen molar-refractivity contribution in [2.45, 2.75) is 17.1 Å². The summed E-state index contributed by atoms with van der Waals surface area (Å²) in [6.45, 7) is 1.81. The van der Waals surface area contributed by atoms with Gasteiger partial charge in [0.05, 0.1) is 32.3 Å². The zero-order valence-corrected chi connectivity index (χ0v) is 20.8. The number of amides is 2. The van der Waals surface area contributed by atoms with Crippen molar-refractivity contribution < 1.29 is 23.8 Å². The van der Waals surface area contributed by atoms with Gasteiger partial charge in [0.2, 0.25) is 5.91 Å². The number of rotatable bonds is 9. The average Bonchev–Trinajstić information content (AvgIpc) is 2.84. The Labute approximate surface area is 207 Å². The second kappa shape index (κ2) is 11.7. The molecule has 2 amide bonds. The van der Waals surface area contributed by atoms with Gasteiger partial charge in [0.15, 0.2) is 0 Å². The molecule has 1 unspecified atom stereocenters. The number of carbonyl (C=O) groups is 2. The van der Waals surface area contributed by atoms with Crippen LogP contribution in [-0.4, -0.2) is 38.4 Å². The summed E-state index contributed by atoms with van der Waals surface area (Å²) < 4.78 is 15.9. The minimum atomic E-state index is -0.387. The van der Waals surface area contributed by atoms with Crippen LogP contribution in [0.15, 0.2) is 65.6 Å². The van der Waals surface area contributed by atoms with Crippen LogP contribution >= 0.6 is 23.4 Å². The molecule has 9 heteroatoms. The highest BCUT2D eigenvalue weighted by molar-refractivity contribution is 8.00. The Hall–Kier alpha value is -3.36. The summed E-state index contributed by atoms with van der Waals surface area (Å²) in [5.41, 5.74) is 1.42. The van der Waals surface area contributed by atoms with E-state index in [0.29, 0.717) is 39.2 Å². The molecule has 2 N–H and O–H groups in total. The van der Waals surface area contributed by atoms with Crippen molar-refractivity contribution in [2.24, 2.45) is 0 Å². The number of halogens is 1. The number of benzene rings is 3. The van der Waals surface area contributed by atoms with E-state index in [9.17, 15) is 9.59 Å². The van der Waals surface area contributed by atoms with Crippen molar-refractivity contribution in [1.82, 2.24) is 0 Å². The van der Waals surface area contributed by atoms with Crippen molar-refractivity contribution in [3.8, 4) is 17.2 Å². The lowest BCUT2D eigenvalue weighted by Crippen LogP contribution is -2.22. The summed E-state index contributed by atoms with van der Waals surface area (Å²) in [5, 5.41) is 5.81. The highest BCUT2D eigenvalue weighted by Crippen LogP contribution is 2.31. The van der Waals surface area contributed by atoms with Gasteiger partial charge in [0, 0.05) is 15.6 Å². The van der Waals surface area contributed by atoms with Gasteiger partial charge in [0.25, 0.3) is 5.91 Å². The number of carbonyl (C=O) groups excluding carboxylic acids is 2. The van der Waals surface area contributed by atoms with Crippen molar-refractivity contribution in [1.29, 1.82) is 0 Å². The first-order valence-electron chi connectivity index (χ1n) is 10.3. The molecule has 3 aromatic rings. The van der Waals surface area contributed by atoms with E-state index in [1.54, 1.807) is 55.5 Å². The molecule has 3 aromatic carbocycles. The summed E-state index contributed by atoms with van der Waals surface area (Å²) in [4.78, 5) is 26.4. The first-order chi connectivity index (χ1) is 16.4. The van der Waals surface area contributed by atoms with E-state index in [0.717, 1.165) is 4.90 Å². The van der Waals surface area contributed by atoms with Crippen LogP contribution in [0.5, 0.6) is 17.2 Å². The SMILES string of the molecule is COc1ccc(Cl)cc1NC(=O)C(C)Sc1ccc(NC(=O)c2c(OC)cccc2OC)cc1. The van der Waals surface area contributed by atoms with E-state index in [2.05, 4.69) is 10.6 Å².